The van der Waals surface area contributed by atoms with Crippen LogP contribution < -0.4 is 4.90 Å². The first kappa shape index (κ1) is 15.7. The van der Waals surface area contributed by atoms with E-state index in [4.69, 9.17) is 0 Å². The summed E-state index contributed by atoms with van der Waals surface area (Å²) < 4.78 is 0. The molecule has 127 valence electrons. The maximum Gasteiger partial charge on any atom is 0.0540 e. The molecule has 5 aromatic rings. The van der Waals surface area contributed by atoms with Gasteiger partial charge < -0.3 is 4.90 Å². The van der Waals surface area contributed by atoms with Crippen molar-refractivity contribution in [1.82, 2.24) is 0 Å². The van der Waals surface area contributed by atoms with Gasteiger partial charge in [-0.05, 0) is 52.6 Å². The fourth-order valence-electron chi connectivity index (χ4n) is 3.67. The Balaban J connectivity index is 1.78. The van der Waals surface area contributed by atoms with E-state index in [9.17, 15) is 0 Å². The number of fused-ring (bicyclic) bond motifs is 2. The molecule has 0 amide bonds. The number of benzene rings is 5. The molecule has 0 bridgehead atoms. The molecule has 5 rings (SSSR count). The van der Waals surface area contributed by atoms with Gasteiger partial charge in [0.25, 0.3) is 0 Å². The molecule has 0 N–H and O–H groups in total. The summed E-state index contributed by atoms with van der Waals surface area (Å²) in [6, 6.07) is 41.4. The van der Waals surface area contributed by atoms with Crippen LogP contribution in [0.5, 0.6) is 0 Å². The Bertz CT molecular complexity index is 1220. The normalized spacial score (nSPS) is 11.0. The molecular weight excluding hydrogens is 326 g/mol. The predicted molar refractivity (Wildman–Crippen MR) is 115 cm³/mol. The molecule has 0 aliphatic carbocycles. The topological polar surface area (TPSA) is 3.24 Å². The molecule has 0 saturated carbocycles. The summed E-state index contributed by atoms with van der Waals surface area (Å²) in [4.78, 5) is 2.32. The lowest BCUT2D eigenvalue weighted by molar-refractivity contribution is 1.30. The van der Waals surface area contributed by atoms with Crippen LogP contribution >= 0.6 is 0 Å². The summed E-state index contributed by atoms with van der Waals surface area (Å²) in [5.41, 5.74) is 3.45. The highest BCUT2D eigenvalue weighted by molar-refractivity contribution is 6.00. The number of hydrogen-bond acceptors (Lipinski definition) is 1. The standard InChI is InChI=1S/C26H18N/c1-2-13-23(14-3-1)27(24-18-17-20-9-4-5-11-22(20)19-24)26-16-8-12-21-10-6-7-15-25(21)26/h2-19H. The van der Waals surface area contributed by atoms with Gasteiger partial charge in [0.15, 0.2) is 0 Å². The first-order chi connectivity index (χ1) is 13.4. The van der Waals surface area contributed by atoms with Crippen molar-refractivity contribution in [2.75, 3.05) is 4.90 Å². The summed E-state index contributed by atoms with van der Waals surface area (Å²) in [5.74, 6) is 0. The van der Waals surface area contributed by atoms with Gasteiger partial charge in [0.2, 0.25) is 0 Å². The van der Waals surface area contributed by atoms with Gasteiger partial charge in [-0.15, -0.1) is 0 Å². The first-order valence-electron chi connectivity index (χ1n) is 9.13. The second kappa shape index (κ2) is 6.62. The van der Waals surface area contributed by atoms with Crippen molar-refractivity contribution in [2.24, 2.45) is 0 Å². The Kier molecular flexibility index (Phi) is 3.84. The Hall–Kier alpha value is -3.58. The maximum atomic E-state index is 3.13. The average molecular weight is 344 g/mol. The van der Waals surface area contributed by atoms with E-state index in [0.29, 0.717) is 0 Å². The van der Waals surface area contributed by atoms with E-state index >= 15 is 0 Å². The van der Waals surface area contributed by atoms with Gasteiger partial charge in [-0.1, -0.05) is 78.9 Å². The quantitative estimate of drug-likeness (QED) is 0.333. The zero-order chi connectivity index (χ0) is 18.1. The molecule has 0 unspecified atom stereocenters. The number of rotatable bonds is 3. The van der Waals surface area contributed by atoms with Crippen molar-refractivity contribution in [1.29, 1.82) is 0 Å². The largest absolute Gasteiger partial charge is 0.310 e. The van der Waals surface area contributed by atoms with Crippen molar-refractivity contribution in [3.05, 3.63) is 115 Å². The molecule has 0 heterocycles. The second-order valence-corrected chi connectivity index (χ2v) is 6.62. The van der Waals surface area contributed by atoms with E-state index in [0.717, 1.165) is 11.4 Å². The Morgan fingerprint density at radius 3 is 2.07 bits per heavy atom. The zero-order valence-electron chi connectivity index (χ0n) is 14.8. The number of nitrogens with zero attached hydrogens (tertiary/aromatic N) is 1. The molecule has 0 spiro atoms. The van der Waals surface area contributed by atoms with E-state index < -0.39 is 0 Å². The zero-order valence-corrected chi connectivity index (χ0v) is 14.8. The minimum atomic E-state index is 1.13. The van der Waals surface area contributed by atoms with Gasteiger partial charge in [0, 0.05) is 16.8 Å². The predicted octanol–water partition coefficient (Wildman–Crippen LogP) is 7.26. The molecule has 27 heavy (non-hydrogen) atoms. The lowest BCUT2D eigenvalue weighted by atomic mass is 10.0. The summed E-state index contributed by atoms with van der Waals surface area (Å²) in [5, 5.41) is 4.97. The number of anilines is 3. The van der Waals surface area contributed by atoms with Crippen molar-refractivity contribution < 1.29 is 0 Å². The SMILES string of the molecule is [c]1ccc(N(c2ccc3ccccc3c2)c2cccc3ccccc23)cc1. The monoisotopic (exact) mass is 344 g/mol. The van der Waals surface area contributed by atoms with Gasteiger partial charge in [0.1, 0.15) is 0 Å². The van der Waals surface area contributed by atoms with Crippen molar-refractivity contribution >= 4 is 38.6 Å². The molecule has 0 fully saturated rings. The highest BCUT2D eigenvalue weighted by Gasteiger charge is 2.15. The van der Waals surface area contributed by atoms with E-state index in [2.05, 4.69) is 108 Å². The van der Waals surface area contributed by atoms with Gasteiger partial charge in [-0.25, -0.2) is 0 Å². The molecule has 0 saturated heterocycles. The molecule has 5 aromatic carbocycles. The van der Waals surface area contributed by atoms with Crippen LogP contribution in [0, 0.1) is 6.07 Å². The Labute approximate surface area is 159 Å². The van der Waals surface area contributed by atoms with Gasteiger partial charge in [0.05, 0.1) is 5.69 Å². The summed E-state index contributed by atoms with van der Waals surface area (Å²) in [6.45, 7) is 0. The fraction of sp³-hybridized carbons (Fsp3) is 0. The molecule has 1 radical (unpaired) electrons. The average Bonchev–Trinajstić information content (AvgIpc) is 2.75. The van der Waals surface area contributed by atoms with Crippen LogP contribution in [0.3, 0.4) is 0 Å². The molecule has 0 aromatic heterocycles. The third-order valence-corrected chi connectivity index (χ3v) is 4.96. The Morgan fingerprint density at radius 2 is 1.22 bits per heavy atom. The van der Waals surface area contributed by atoms with E-state index in [-0.39, 0.29) is 0 Å². The second-order valence-electron chi connectivity index (χ2n) is 6.62. The third-order valence-electron chi connectivity index (χ3n) is 4.96. The molecule has 0 atom stereocenters. The van der Waals surface area contributed by atoms with Crippen LogP contribution in [0.1, 0.15) is 0 Å². The van der Waals surface area contributed by atoms with Crippen LogP contribution in [0.25, 0.3) is 21.5 Å². The highest BCUT2D eigenvalue weighted by atomic mass is 15.1. The van der Waals surface area contributed by atoms with Crippen molar-refractivity contribution in [3.8, 4) is 0 Å². The van der Waals surface area contributed by atoms with Crippen LogP contribution in [0.4, 0.5) is 17.1 Å². The van der Waals surface area contributed by atoms with Gasteiger partial charge >= 0.3 is 0 Å². The third kappa shape index (κ3) is 2.84. The first-order valence-corrected chi connectivity index (χ1v) is 9.13. The van der Waals surface area contributed by atoms with Crippen LogP contribution in [0.2, 0.25) is 0 Å². The van der Waals surface area contributed by atoms with E-state index in [1.54, 1.807) is 0 Å². The lowest BCUT2D eigenvalue weighted by Gasteiger charge is -2.27. The minimum Gasteiger partial charge on any atom is -0.310 e. The summed E-state index contributed by atoms with van der Waals surface area (Å²) in [6.07, 6.45) is 0. The molecule has 1 nitrogen and oxygen atoms in total. The van der Waals surface area contributed by atoms with E-state index in [1.807, 2.05) is 12.1 Å². The van der Waals surface area contributed by atoms with Crippen molar-refractivity contribution in [2.45, 2.75) is 0 Å². The van der Waals surface area contributed by atoms with E-state index in [1.165, 1.54) is 27.2 Å². The van der Waals surface area contributed by atoms with Crippen LogP contribution in [-0.2, 0) is 0 Å². The minimum absolute atomic E-state index is 1.13. The molecule has 0 aliphatic heterocycles. The molecular formula is C26H18N. The Morgan fingerprint density at radius 1 is 0.519 bits per heavy atom. The van der Waals surface area contributed by atoms with Gasteiger partial charge in [-0.2, -0.15) is 0 Å². The van der Waals surface area contributed by atoms with Crippen LogP contribution in [0.15, 0.2) is 109 Å². The molecule has 0 aliphatic rings. The fourth-order valence-corrected chi connectivity index (χ4v) is 3.67. The smallest absolute Gasteiger partial charge is 0.0540 e. The van der Waals surface area contributed by atoms with Gasteiger partial charge in [-0.3, -0.25) is 0 Å². The summed E-state index contributed by atoms with van der Waals surface area (Å²) in [7, 11) is 0. The number of hydrogen-bond donors (Lipinski definition) is 0. The van der Waals surface area contributed by atoms with Crippen molar-refractivity contribution in [3.63, 3.8) is 0 Å². The maximum absolute atomic E-state index is 3.13. The molecule has 1 heteroatoms. The summed E-state index contributed by atoms with van der Waals surface area (Å²) >= 11 is 0. The lowest BCUT2D eigenvalue weighted by Crippen LogP contribution is -2.10. The van der Waals surface area contributed by atoms with Crippen LogP contribution in [-0.4, -0.2) is 0 Å². The highest BCUT2D eigenvalue weighted by Crippen LogP contribution is 2.39.